The number of esters is 1. The van der Waals surface area contributed by atoms with Gasteiger partial charge in [-0.15, -0.1) is 24.0 Å². The van der Waals surface area contributed by atoms with E-state index in [0.717, 1.165) is 11.5 Å². The van der Waals surface area contributed by atoms with Gasteiger partial charge >= 0.3 is 5.97 Å². The van der Waals surface area contributed by atoms with E-state index in [2.05, 4.69) is 15.2 Å². The molecule has 162 valence electrons. The van der Waals surface area contributed by atoms with Crippen molar-refractivity contribution in [3.05, 3.63) is 59.5 Å². The number of piperazine rings is 1. The first-order valence-electron chi connectivity index (χ1n) is 9.66. The molecule has 2 heterocycles. The number of hydrogen-bond donors (Lipinski definition) is 1. The second kappa shape index (κ2) is 11.6. The molecule has 1 aliphatic rings. The lowest BCUT2D eigenvalue weighted by Gasteiger charge is -2.36. The number of ether oxygens (including phenoxy) is 1. The summed E-state index contributed by atoms with van der Waals surface area (Å²) in [6, 6.07) is 10.7. The zero-order valence-corrected chi connectivity index (χ0v) is 19.5. The number of nitrogens with zero attached hydrogens (tertiary/aromatic N) is 3. The van der Waals surface area contributed by atoms with Crippen molar-refractivity contribution in [1.29, 1.82) is 0 Å². The summed E-state index contributed by atoms with van der Waals surface area (Å²) < 4.78 is 10.2. The number of rotatable bonds is 5. The lowest BCUT2D eigenvalue weighted by atomic mass is 10.1. The summed E-state index contributed by atoms with van der Waals surface area (Å²) in [5.74, 6) is 0.751. The van der Waals surface area contributed by atoms with Crippen molar-refractivity contribution in [3.8, 4) is 0 Å². The number of aliphatic imine (C=N–C) groups is 1. The predicted octanol–water partition coefficient (Wildman–Crippen LogP) is 2.61. The minimum Gasteiger partial charge on any atom is -0.462 e. The van der Waals surface area contributed by atoms with Crippen molar-refractivity contribution in [2.75, 3.05) is 39.8 Å². The van der Waals surface area contributed by atoms with E-state index in [9.17, 15) is 9.59 Å². The van der Waals surface area contributed by atoms with Crippen LogP contribution in [0.3, 0.4) is 0 Å². The van der Waals surface area contributed by atoms with Gasteiger partial charge in [-0.2, -0.15) is 0 Å². The van der Waals surface area contributed by atoms with Crippen LogP contribution >= 0.6 is 24.0 Å². The highest BCUT2D eigenvalue weighted by atomic mass is 127. The monoisotopic (exact) mass is 526 g/mol. The number of guanidine groups is 1. The molecule has 8 nitrogen and oxygen atoms in total. The number of benzene rings is 1. The van der Waals surface area contributed by atoms with Gasteiger partial charge in [0.1, 0.15) is 0 Å². The van der Waals surface area contributed by atoms with E-state index < -0.39 is 0 Å². The van der Waals surface area contributed by atoms with Crippen molar-refractivity contribution in [2.45, 2.75) is 13.5 Å². The summed E-state index contributed by atoms with van der Waals surface area (Å²) >= 11 is 0. The second-order valence-corrected chi connectivity index (χ2v) is 6.57. The highest BCUT2D eigenvalue weighted by Gasteiger charge is 2.25. The van der Waals surface area contributed by atoms with Crippen LogP contribution in [-0.4, -0.2) is 67.5 Å². The van der Waals surface area contributed by atoms with Crippen LogP contribution in [0.1, 0.15) is 33.4 Å². The van der Waals surface area contributed by atoms with Crippen LogP contribution in [0, 0.1) is 0 Å². The lowest BCUT2D eigenvalue weighted by Crippen LogP contribution is -2.53. The van der Waals surface area contributed by atoms with Gasteiger partial charge < -0.3 is 24.3 Å². The fraction of sp³-hybridized carbons (Fsp3) is 0.381. The van der Waals surface area contributed by atoms with Crippen molar-refractivity contribution in [1.82, 2.24) is 15.1 Å². The third-order valence-corrected chi connectivity index (χ3v) is 4.73. The van der Waals surface area contributed by atoms with Crippen LogP contribution in [-0.2, 0) is 11.3 Å². The second-order valence-electron chi connectivity index (χ2n) is 6.57. The molecule has 0 radical (unpaired) electrons. The van der Waals surface area contributed by atoms with Crippen LogP contribution in [0.15, 0.2) is 52.1 Å². The largest absolute Gasteiger partial charge is 0.462 e. The maximum absolute atomic E-state index is 12.4. The molecule has 30 heavy (non-hydrogen) atoms. The topological polar surface area (TPSA) is 87.4 Å². The quantitative estimate of drug-likeness (QED) is 0.279. The minimum absolute atomic E-state index is 0. The molecule has 1 amide bonds. The SMILES string of the molecule is CCOC(=O)c1ccc(CNC(=NC)N2CCN(C(=O)c3ccco3)CC2)cc1.I. The Hall–Kier alpha value is -2.56. The van der Waals surface area contributed by atoms with Crippen LogP contribution in [0.2, 0.25) is 0 Å². The average Bonchev–Trinajstić information content (AvgIpc) is 3.30. The van der Waals surface area contributed by atoms with Gasteiger partial charge in [-0.05, 0) is 36.8 Å². The maximum Gasteiger partial charge on any atom is 0.338 e. The Balaban J connectivity index is 0.00000320. The minimum atomic E-state index is -0.315. The Morgan fingerprint density at radius 2 is 1.77 bits per heavy atom. The Morgan fingerprint density at radius 3 is 2.33 bits per heavy atom. The molecule has 0 unspecified atom stereocenters. The number of halogens is 1. The Bertz CT molecular complexity index is 844. The van der Waals surface area contributed by atoms with Crippen LogP contribution < -0.4 is 5.32 Å². The van der Waals surface area contributed by atoms with Gasteiger partial charge in [0.25, 0.3) is 5.91 Å². The first-order chi connectivity index (χ1) is 14.1. The molecule has 3 rings (SSSR count). The van der Waals surface area contributed by atoms with E-state index in [0.29, 0.717) is 50.7 Å². The number of carbonyl (C=O) groups excluding carboxylic acids is 2. The molecule has 1 saturated heterocycles. The van der Waals surface area contributed by atoms with E-state index >= 15 is 0 Å². The Morgan fingerprint density at radius 1 is 1.10 bits per heavy atom. The molecule has 1 N–H and O–H groups in total. The fourth-order valence-electron chi connectivity index (χ4n) is 3.16. The van der Waals surface area contributed by atoms with E-state index in [4.69, 9.17) is 9.15 Å². The lowest BCUT2D eigenvalue weighted by molar-refractivity contribution is 0.0526. The van der Waals surface area contributed by atoms with E-state index in [1.807, 2.05) is 12.1 Å². The number of hydrogen-bond acceptors (Lipinski definition) is 5. The fourth-order valence-corrected chi connectivity index (χ4v) is 3.16. The summed E-state index contributed by atoms with van der Waals surface area (Å²) in [5.41, 5.74) is 1.57. The molecule has 1 aromatic heterocycles. The van der Waals surface area contributed by atoms with Crippen molar-refractivity contribution in [3.63, 3.8) is 0 Å². The van der Waals surface area contributed by atoms with Gasteiger partial charge in [0.05, 0.1) is 18.4 Å². The molecule has 2 aromatic rings. The summed E-state index contributed by atoms with van der Waals surface area (Å²) in [4.78, 5) is 32.4. The highest BCUT2D eigenvalue weighted by molar-refractivity contribution is 14.0. The van der Waals surface area contributed by atoms with Gasteiger partial charge in [-0.1, -0.05) is 12.1 Å². The molecule has 1 fully saturated rings. The highest BCUT2D eigenvalue weighted by Crippen LogP contribution is 2.10. The molecule has 0 saturated carbocycles. The third kappa shape index (κ3) is 5.97. The van der Waals surface area contributed by atoms with E-state index in [-0.39, 0.29) is 35.9 Å². The zero-order chi connectivity index (χ0) is 20.6. The van der Waals surface area contributed by atoms with Crippen molar-refractivity contribution in [2.24, 2.45) is 4.99 Å². The average molecular weight is 526 g/mol. The molecular formula is C21H27IN4O4. The molecule has 0 atom stereocenters. The number of nitrogens with one attached hydrogen (secondary N) is 1. The number of amides is 1. The maximum atomic E-state index is 12.4. The molecule has 0 bridgehead atoms. The van der Waals surface area contributed by atoms with Crippen molar-refractivity contribution >= 4 is 41.8 Å². The molecule has 1 aromatic carbocycles. The van der Waals surface area contributed by atoms with Gasteiger partial charge in [0.2, 0.25) is 0 Å². The standard InChI is InChI=1S/C21H26N4O4.HI/c1-3-28-20(27)17-8-6-16(7-9-17)15-23-21(22-2)25-12-10-24(11-13-25)19(26)18-5-4-14-29-18;/h4-9,14H,3,10-13,15H2,1-2H3,(H,22,23);1H. The Kier molecular flexibility index (Phi) is 9.15. The predicted molar refractivity (Wildman–Crippen MR) is 124 cm³/mol. The summed E-state index contributed by atoms with van der Waals surface area (Å²) in [7, 11) is 1.74. The molecule has 0 aliphatic carbocycles. The summed E-state index contributed by atoms with van der Waals surface area (Å²) in [5, 5.41) is 3.34. The van der Waals surface area contributed by atoms with Gasteiger partial charge in [-0.3, -0.25) is 9.79 Å². The van der Waals surface area contributed by atoms with Gasteiger partial charge in [-0.25, -0.2) is 4.79 Å². The molecule has 9 heteroatoms. The number of furan rings is 1. The van der Waals surface area contributed by atoms with Gasteiger partial charge in [0.15, 0.2) is 11.7 Å². The first-order valence-corrected chi connectivity index (χ1v) is 9.66. The molecule has 1 aliphatic heterocycles. The Labute approximate surface area is 193 Å². The first kappa shape index (κ1) is 23.7. The molecule has 0 spiro atoms. The molecular weight excluding hydrogens is 499 g/mol. The summed E-state index contributed by atoms with van der Waals surface area (Å²) in [6.45, 7) is 5.32. The third-order valence-electron chi connectivity index (χ3n) is 4.73. The summed E-state index contributed by atoms with van der Waals surface area (Å²) in [6.07, 6.45) is 1.51. The van der Waals surface area contributed by atoms with Crippen LogP contribution in [0.4, 0.5) is 0 Å². The van der Waals surface area contributed by atoms with Crippen molar-refractivity contribution < 1.29 is 18.7 Å². The van der Waals surface area contributed by atoms with Gasteiger partial charge in [0, 0.05) is 39.8 Å². The number of carbonyl (C=O) groups is 2. The smallest absolute Gasteiger partial charge is 0.338 e. The van der Waals surface area contributed by atoms with E-state index in [1.54, 1.807) is 43.1 Å². The zero-order valence-electron chi connectivity index (χ0n) is 17.2. The van der Waals surface area contributed by atoms with Crippen LogP contribution in [0.5, 0.6) is 0 Å². The normalized spacial score (nSPS) is 14.1. The van der Waals surface area contributed by atoms with Crippen LogP contribution in [0.25, 0.3) is 0 Å². The van der Waals surface area contributed by atoms with E-state index in [1.165, 1.54) is 6.26 Å².